The molecule has 1 heterocycles. The highest BCUT2D eigenvalue weighted by Gasteiger charge is 2.37. The largest absolute Gasteiger partial charge is 0.480 e. The molecule has 0 aliphatic rings. The second-order valence-electron chi connectivity index (χ2n) is 5.33. The Morgan fingerprint density at radius 2 is 1.95 bits per heavy atom. The Hall–Kier alpha value is -2.62. The third kappa shape index (κ3) is 2.09. The number of hydrogen-bond acceptors (Lipinski definition) is 3. The van der Waals surface area contributed by atoms with E-state index in [0.717, 1.165) is 11.1 Å². The average Bonchev–Trinajstić information content (AvgIpc) is 2.93. The molecule has 0 saturated heterocycles. The lowest BCUT2D eigenvalue weighted by Gasteiger charge is -2.26. The van der Waals surface area contributed by atoms with E-state index >= 15 is 0 Å². The maximum atomic E-state index is 12.0. The molecule has 21 heavy (non-hydrogen) atoms. The van der Waals surface area contributed by atoms with E-state index in [9.17, 15) is 9.90 Å². The fourth-order valence-corrected chi connectivity index (χ4v) is 2.54. The summed E-state index contributed by atoms with van der Waals surface area (Å²) in [5, 5.41) is 9.81. The zero-order valence-corrected chi connectivity index (χ0v) is 11.8. The standard InChI is InChI=1S/C17H15NO3/c1-11-4-3-5-12(8-11)17(2,16(19)20)13-6-7-15-14(9-13)18-10-21-15/h3-10H,1-2H3,(H,19,20). The molecule has 0 amide bonds. The Balaban J connectivity index is 2.23. The minimum Gasteiger partial charge on any atom is -0.480 e. The highest BCUT2D eigenvalue weighted by atomic mass is 16.4. The van der Waals surface area contributed by atoms with Crippen LogP contribution in [0.25, 0.3) is 11.1 Å². The number of oxazole rings is 1. The van der Waals surface area contributed by atoms with Crippen molar-refractivity contribution in [2.45, 2.75) is 19.3 Å². The molecule has 0 spiro atoms. The molecule has 1 atom stereocenters. The van der Waals surface area contributed by atoms with Crippen molar-refractivity contribution in [3.63, 3.8) is 0 Å². The first-order valence-electron chi connectivity index (χ1n) is 6.66. The fourth-order valence-electron chi connectivity index (χ4n) is 2.54. The second kappa shape index (κ2) is 4.74. The number of carboxylic acid groups (broad SMARTS) is 1. The van der Waals surface area contributed by atoms with Crippen LogP contribution in [0.2, 0.25) is 0 Å². The van der Waals surface area contributed by atoms with Crippen molar-refractivity contribution < 1.29 is 14.3 Å². The molecular formula is C17H15NO3. The molecule has 2 aromatic carbocycles. The number of benzene rings is 2. The van der Waals surface area contributed by atoms with Gasteiger partial charge in [-0.1, -0.05) is 35.9 Å². The van der Waals surface area contributed by atoms with Gasteiger partial charge in [0.05, 0.1) is 0 Å². The number of rotatable bonds is 3. The zero-order chi connectivity index (χ0) is 15.0. The fraction of sp³-hybridized carbons (Fsp3) is 0.176. The van der Waals surface area contributed by atoms with Crippen LogP contribution in [0.3, 0.4) is 0 Å². The summed E-state index contributed by atoms with van der Waals surface area (Å²) in [6.45, 7) is 3.66. The molecule has 0 saturated carbocycles. The SMILES string of the molecule is Cc1cccc(C(C)(C(=O)O)c2ccc3ocnc3c2)c1. The minimum absolute atomic E-state index is 0.649. The van der Waals surface area contributed by atoms with Crippen molar-refractivity contribution in [3.05, 3.63) is 65.5 Å². The zero-order valence-electron chi connectivity index (χ0n) is 11.8. The first kappa shape index (κ1) is 13.4. The summed E-state index contributed by atoms with van der Waals surface area (Å²) >= 11 is 0. The van der Waals surface area contributed by atoms with E-state index in [-0.39, 0.29) is 0 Å². The molecule has 1 N–H and O–H groups in total. The molecular weight excluding hydrogens is 266 g/mol. The molecule has 1 unspecified atom stereocenters. The second-order valence-corrected chi connectivity index (χ2v) is 5.33. The minimum atomic E-state index is -1.13. The lowest BCUT2D eigenvalue weighted by molar-refractivity contribution is -0.141. The number of aromatic nitrogens is 1. The van der Waals surface area contributed by atoms with E-state index in [2.05, 4.69) is 4.98 Å². The summed E-state index contributed by atoms with van der Waals surface area (Å²) in [6.07, 6.45) is 1.36. The Kier molecular flexibility index (Phi) is 3.01. The molecule has 4 heteroatoms. The number of carbonyl (C=O) groups is 1. The predicted molar refractivity (Wildman–Crippen MR) is 79.3 cm³/mol. The van der Waals surface area contributed by atoms with Crippen molar-refractivity contribution >= 4 is 17.1 Å². The summed E-state index contributed by atoms with van der Waals surface area (Å²) in [5.74, 6) is -0.893. The van der Waals surface area contributed by atoms with Crippen LogP contribution in [0.1, 0.15) is 23.6 Å². The Morgan fingerprint density at radius 3 is 2.67 bits per heavy atom. The first-order valence-corrected chi connectivity index (χ1v) is 6.66. The van der Waals surface area contributed by atoms with Crippen molar-refractivity contribution in [2.24, 2.45) is 0 Å². The van der Waals surface area contributed by atoms with Crippen molar-refractivity contribution in [1.29, 1.82) is 0 Å². The number of aryl methyl sites for hydroxylation is 1. The van der Waals surface area contributed by atoms with E-state index in [1.54, 1.807) is 25.1 Å². The first-order chi connectivity index (χ1) is 10.0. The molecule has 3 rings (SSSR count). The Bertz CT molecular complexity index is 822. The van der Waals surface area contributed by atoms with Gasteiger partial charge in [0, 0.05) is 0 Å². The summed E-state index contributed by atoms with van der Waals surface area (Å²) in [6, 6.07) is 12.9. The smallest absolute Gasteiger partial charge is 0.318 e. The molecule has 0 fully saturated rings. The van der Waals surface area contributed by atoms with E-state index in [1.807, 2.05) is 31.2 Å². The maximum Gasteiger partial charge on any atom is 0.318 e. The van der Waals surface area contributed by atoms with Crippen LogP contribution in [0.15, 0.2) is 53.3 Å². The lowest BCUT2D eigenvalue weighted by atomic mass is 9.76. The molecule has 0 aliphatic heterocycles. The van der Waals surface area contributed by atoms with Gasteiger partial charge in [-0.3, -0.25) is 4.79 Å². The monoisotopic (exact) mass is 281 g/mol. The Morgan fingerprint density at radius 1 is 1.19 bits per heavy atom. The molecule has 4 nitrogen and oxygen atoms in total. The summed E-state index contributed by atoms with van der Waals surface area (Å²) < 4.78 is 5.21. The topological polar surface area (TPSA) is 63.3 Å². The number of nitrogens with zero attached hydrogens (tertiary/aromatic N) is 1. The van der Waals surface area contributed by atoms with Gasteiger partial charge >= 0.3 is 5.97 Å². The summed E-state index contributed by atoms with van der Waals surface area (Å²) in [5.41, 5.74) is 2.64. The van der Waals surface area contributed by atoms with Gasteiger partial charge in [0.25, 0.3) is 0 Å². The van der Waals surface area contributed by atoms with Crippen molar-refractivity contribution in [3.8, 4) is 0 Å². The van der Waals surface area contributed by atoms with Crippen LogP contribution >= 0.6 is 0 Å². The van der Waals surface area contributed by atoms with Crippen LogP contribution < -0.4 is 0 Å². The number of aliphatic carboxylic acids is 1. The summed E-state index contributed by atoms with van der Waals surface area (Å²) in [7, 11) is 0. The van der Waals surface area contributed by atoms with E-state index in [0.29, 0.717) is 16.7 Å². The molecule has 3 aromatic rings. The van der Waals surface area contributed by atoms with Crippen LogP contribution in [-0.2, 0) is 10.2 Å². The highest BCUT2D eigenvalue weighted by Crippen LogP contribution is 2.34. The van der Waals surface area contributed by atoms with Crippen LogP contribution in [-0.4, -0.2) is 16.1 Å². The van der Waals surface area contributed by atoms with Crippen LogP contribution in [0, 0.1) is 6.92 Å². The Labute approximate surface area is 122 Å². The molecule has 106 valence electrons. The van der Waals surface area contributed by atoms with Gasteiger partial charge < -0.3 is 9.52 Å². The van der Waals surface area contributed by atoms with Crippen LogP contribution in [0.4, 0.5) is 0 Å². The van der Waals surface area contributed by atoms with Gasteiger partial charge in [-0.2, -0.15) is 0 Å². The van der Waals surface area contributed by atoms with Gasteiger partial charge in [-0.05, 0) is 37.1 Å². The van der Waals surface area contributed by atoms with Gasteiger partial charge in [0.2, 0.25) is 0 Å². The lowest BCUT2D eigenvalue weighted by Crippen LogP contribution is -2.33. The third-order valence-electron chi connectivity index (χ3n) is 3.93. The highest BCUT2D eigenvalue weighted by molar-refractivity contribution is 5.87. The van der Waals surface area contributed by atoms with Gasteiger partial charge in [-0.25, -0.2) is 4.98 Å². The normalized spacial score (nSPS) is 14.0. The predicted octanol–water partition coefficient (Wildman–Crippen LogP) is 3.53. The van der Waals surface area contributed by atoms with E-state index in [1.165, 1.54) is 6.39 Å². The van der Waals surface area contributed by atoms with Gasteiger partial charge in [-0.15, -0.1) is 0 Å². The molecule has 1 aromatic heterocycles. The number of hydrogen-bond donors (Lipinski definition) is 1. The van der Waals surface area contributed by atoms with Crippen molar-refractivity contribution in [2.75, 3.05) is 0 Å². The summed E-state index contributed by atoms with van der Waals surface area (Å²) in [4.78, 5) is 16.1. The third-order valence-corrected chi connectivity index (χ3v) is 3.93. The average molecular weight is 281 g/mol. The molecule has 0 radical (unpaired) electrons. The number of fused-ring (bicyclic) bond motifs is 1. The van der Waals surface area contributed by atoms with E-state index < -0.39 is 11.4 Å². The van der Waals surface area contributed by atoms with Gasteiger partial charge in [0.1, 0.15) is 10.9 Å². The molecule has 0 bridgehead atoms. The van der Waals surface area contributed by atoms with Crippen LogP contribution in [0.5, 0.6) is 0 Å². The maximum absolute atomic E-state index is 12.0. The number of carboxylic acids is 1. The van der Waals surface area contributed by atoms with E-state index in [4.69, 9.17) is 4.42 Å². The van der Waals surface area contributed by atoms with Gasteiger partial charge in [0.15, 0.2) is 12.0 Å². The molecule has 0 aliphatic carbocycles. The van der Waals surface area contributed by atoms with Crippen molar-refractivity contribution in [1.82, 2.24) is 4.98 Å². The quantitative estimate of drug-likeness (QED) is 0.797.